The molecule has 1 fully saturated rings. The number of carbonyl (C=O) groups is 1. The fourth-order valence-electron chi connectivity index (χ4n) is 4.64. The first kappa shape index (κ1) is 29.7. The van der Waals surface area contributed by atoms with E-state index in [1.807, 2.05) is 0 Å². The van der Waals surface area contributed by atoms with E-state index >= 15 is 0 Å². The first-order chi connectivity index (χ1) is 18.7. The maximum absolute atomic E-state index is 13.1. The molecule has 0 radical (unpaired) electrons. The number of nitrogens with one attached hydrogen (secondary N) is 2. The molecule has 1 aliphatic heterocycles. The summed E-state index contributed by atoms with van der Waals surface area (Å²) in [7, 11) is -3.90. The van der Waals surface area contributed by atoms with Crippen molar-refractivity contribution < 1.29 is 17.6 Å². The Balaban J connectivity index is 0.00000370. The number of piperazine rings is 1. The monoisotopic (exact) mass is 603 g/mol. The average molecular weight is 604 g/mol. The first-order valence-electron chi connectivity index (χ1n) is 12.7. The largest absolute Gasteiger partial charge is 0.351 e. The van der Waals surface area contributed by atoms with Gasteiger partial charge in [-0.15, -0.1) is 12.4 Å². The number of amides is 1. The van der Waals surface area contributed by atoms with Crippen LogP contribution in [0.25, 0.3) is 10.2 Å². The van der Waals surface area contributed by atoms with Gasteiger partial charge in [-0.3, -0.25) is 14.4 Å². The van der Waals surface area contributed by atoms with Crippen molar-refractivity contribution in [1.82, 2.24) is 15.2 Å². The molecule has 0 bridgehead atoms. The molecule has 8 nitrogen and oxygen atoms in total. The average Bonchev–Trinajstić information content (AvgIpc) is 3.34. The van der Waals surface area contributed by atoms with Crippen LogP contribution in [0.2, 0.25) is 0 Å². The SMILES string of the molecule is Cc1cc(C)c2sc(N3CCN(CCNC(=O)c4cccc(NS(=O)(=O)c5ccc(F)cc5)c4)CC3)nc2c1.Cl. The number of anilines is 2. The fourth-order valence-corrected chi connectivity index (χ4v) is 6.76. The van der Waals surface area contributed by atoms with Crippen molar-refractivity contribution in [2.24, 2.45) is 0 Å². The van der Waals surface area contributed by atoms with Crippen LogP contribution in [0.4, 0.5) is 15.2 Å². The maximum Gasteiger partial charge on any atom is 0.261 e. The van der Waals surface area contributed by atoms with Crippen LogP contribution in [0.15, 0.2) is 65.6 Å². The van der Waals surface area contributed by atoms with Crippen LogP contribution in [0.1, 0.15) is 21.5 Å². The Morgan fingerprint density at radius 1 is 1.02 bits per heavy atom. The highest BCUT2D eigenvalue weighted by Gasteiger charge is 2.21. The molecule has 0 atom stereocenters. The van der Waals surface area contributed by atoms with Gasteiger partial charge in [-0.25, -0.2) is 17.8 Å². The Kier molecular flexibility index (Phi) is 9.29. The summed E-state index contributed by atoms with van der Waals surface area (Å²) in [4.78, 5) is 22.2. The number of rotatable bonds is 8. The number of hydrogen-bond acceptors (Lipinski definition) is 7. The molecule has 1 aliphatic rings. The van der Waals surface area contributed by atoms with E-state index in [0.717, 1.165) is 49.0 Å². The van der Waals surface area contributed by atoms with Crippen molar-refractivity contribution in [3.8, 4) is 0 Å². The van der Waals surface area contributed by atoms with Crippen molar-refractivity contribution in [3.05, 3.63) is 83.2 Å². The van der Waals surface area contributed by atoms with Crippen molar-refractivity contribution in [3.63, 3.8) is 0 Å². The molecule has 1 saturated heterocycles. The molecule has 0 spiro atoms. The molecule has 2 N–H and O–H groups in total. The summed E-state index contributed by atoms with van der Waals surface area (Å²) in [6.45, 7) is 8.93. The first-order valence-corrected chi connectivity index (χ1v) is 15.0. The van der Waals surface area contributed by atoms with E-state index in [2.05, 4.69) is 45.8 Å². The topological polar surface area (TPSA) is 94.6 Å². The Morgan fingerprint density at radius 3 is 2.48 bits per heavy atom. The smallest absolute Gasteiger partial charge is 0.261 e. The van der Waals surface area contributed by atoms with Gasteiger partial charge in [-0.2, -0.15) is 0 Å². The van der Waals surface area contributed by atoms with Crippen LogP contribution in [0.5, 0.6) is 0 Å². The van der Waals surface area contributed by atoms with Gasteiger partial charge in [-0.05, 0) is 73.5 Å². The predicted molar refractivity (Wildman–Crippen MR) is 161 cm³/mol. The molecule has 5 rings (SSSR count). The number of hydrogen-bond donors (Lipinski definition) is 2. The lowest BCUT2D eigenvalue weighted by molar-refractivity contribution is 0.0948. The Bertz CT molecular complexity index is 1600. The number of aryl methyl sites for hydroxylation is 2. The highest BCUT2D eigenvalue weighted by atomic mass is 35.5. The molecule has 12 heteroatoms. The van der Waals surface area contributed by atoms with Crippen LogP contribution in [-0.4, -0.2) is 63.5 Å². The minimum absolute atomic E-state index is 0. The van der Waals surface area contributed by atoms with E-state index in [4.69, 9.17) is 4.98 Å². The van der Waals surface area contributed by atoms with Gasteiger partial charge in [-0.1, -0.05) is 23.5 Å². The number of aromatic nitrogens is 1. The summed E-state index contributed by atoms with van der Waals surface area (Å²) in [5.41, 5.74) is 4.15. The molecule has 1 amide bonds. The lowest BCUT2D eigenvalue weighted by atomic mass is 10.1. The van der Waals surface area contributed by atoms with E-state index < -0.39 is 15.8 Å². The van der Waals surface area contributed by atoms with Gasteiger partial charge in [0, 0.05) is 50.5 Å². The van der Waals surface area contributed by atoms with Gasteiger partial charge in [0.2, 0.25) is 0 Å². The number of thiazole rings is 1. The maximum atomic E-state index is 13.1. The molecule has 1 aromatic heterocycles. The summed E-state index contributed by atoms with van der Waals surface area (Å²) < 4.78 is 42.0. The summed E-state index contributed by atoms with van der Waals surface area (Å²) in [6.07, 6.45) is 0. The van der Waals surface area contributed by atoms with Crippen LogP contribution in [-0.2, 0) is 10.0 Å². The molecule has 212 valence electrons. The third-order valence-electron chi connectivity index (χ3n) is 6.67. The standard InChI is InChI=1S/C28H30FN5O3S2.ClH/c1-19-16-20(2)26-25(17-19)31-28(38-26)34-14-12-33(13-15-34)11-10-30-27(35)21-4-3-5-23(18-21)32-39(36,37)24-8-6-22(29)7-9-24;/h3-9,16-18,32H,10-15H2,1-2H3,(H,30,35);1H. The third-order valence-corrected chi connectivity index (χ3v) is 9.33. The number of fused-ring (bicyclic) bond motifs is 1. The second-order valence-electron chi connectivity index (χ2n) is 9.65. The lowest BCUT2D eigenvalue weighted by Gasteiger charge is -2.34. The summed E-state index contributed by atoms with van der Waals surface area (Å²) in [6, 6.07) is 15.2. The highest BCUT2D eigenvalue weighted by molar-refractivity contribution is 7.92. The molecule has 0 unspecified atom stereocenters. The van der Waals surface area contributed by atoms with E-state index in [1.165, 1.54) is 34.0 Å². The molecule has 0 aliphatic carbocycles. The molecular weight excluding hydrogens is 573 g/mol. The number of nitrogens with zero attached hydrogens (tertiary/aromatic N) is 3. The Morgan fingerprint density at radius 2 is 1.75 bits per heavy atom. The minimum Gasteiger partial charge on any atom is -0.351 e. The zero-order valence-electron chi connectivity index (χ0n) is 22.2. The van der Waals surface area contributed by atoms with E-state index in [-0.39, 0.29) is 28.9 Å². The Labute approximate surface area is 243 Å². The number of carbonyl (C=O) groups excluding carboxylic acids is 1. The van der Waals surface area contributed by atoms with Gasteiger partial charge >= 0.3 is 0 Å². The number of benzene rings is 3. The zero-order chi connectivity index (χ0) is 27.6. The van der Waals surface area contributed by atoms with E-state index in [0.29, 0.717) is 18.7 Å². The van der Waals surface area contributed by atoms with Crippen molar-refractivity contribution >= 4 is 60.7 Å². The molecule has 0 saturated carbocycles. The molecular formula is C28H31ClFN5O3S2. The molecule has 3 aromatic carbocycles. The van der Waals surface area contributed by atoms with Crippen molar-refractivity contribution in [2.45, 2.75) is 18.7 Å². The van der Waals surface area contributed by atoms with Crippen LogP contribution < -0.4 is 14.9 Å². The molecule has 40 heavy (non-hydrogen) atoms. The number of sulfonamides is 1. The number of halogens is 2. The second kappa shape index (κ2) is 12.5. The van der Waals surface area contributed by atoms with Crippen LogP contribution in [0.3, 0.4) is 0 Å². The minimum atomic E-state index is -3.90. The molecule has 2 heterocycles. The molecule has 4 aromatic rings. The van der Waals surface area contributed by atoms with Gasteiger partial charge < -0.3 is 10.2 Å². The predicted octanol–water partition coefficient (Wildman–Crippen LogP) is 4.83. The van der Waals surface area contributed by atoms with Crippen LogP contribution in [0, 0.1) is 19.7 Å². The van der Waals surface area contributed by atoms with E-state index in [9.17, 15) is 17.6 Å². The normalized spacial score (nSPS) is 14.1. The highest BCUT2D eigenvalue weighted by Crippen LogP contribution is 2.32. The third kappa shape index (κ3) is 6.90. The van der Waals surface area contributed by atoms with Crippen molar-refractivity contribution in [2.75, 3.05) is 48.9 Å². The van der Waals surface area contributed by atoms with Crippen molar-refractivity contribution in [1.29, 1.82) is 0 Å². The van der Waals surface area contributed by atoms with Crippen LogP contribution >= 0.6 is 23.7 Å². The second-order valence-corrected chi connectivity index (χ2v) is 12.3. The summed E-state index contributed by atoms with van der Waals surface area (Å²) in [5, 5.41) is 3.98. The van der Waals surface area contributed by atoms with Gasteiger partial charge in [0.25, 0.3) is 15.9 Å². The van der Waals surface area contributed by atoms with Gasteiger partial charge in [0.1, 0.15) is 5.82 Å². The van der Waals surface area contributed by atoms with E-state index in [1.54, 1.807) is 29.5 Å². The fraction of sp³-hybridized carbons (Fsp3) is 0.286. The van der Waals surface area contributed by atoms with Gasteiger partial charge in [0.15, 0.2) is 5.13 Å². The summed E-state index contributed by atoms with van der Waals surface area (Å²) in [5.74, 6) is -0.801. The quantitative estimate of drug-likeness (QED) is 0.300. The lowest BCUT2D eigenvalue weighted by Crippen LogP contribution is -2.48. The Hall–Kier alpha value is -3.25. The van der Waals surface area contributed by atoms with Gasteiger partial charge in [0.05, 0.1) is 15.1 Å². The summed E-state index contributed by atoms with van der Waals surface area (Å²) >= 11 is 1.74. The zero-order valence-corrected chi connectivity index (χ0v) is 24.6.